The number of para-hydroxylation sites is 2. The van der Waals surface area contributed by atoms with Crippen LogP contribution in [0.4, 0.5) is 0 Å². The average molecular weight is 779 g/mol. The zero-order valence-electron chi connectivity index (χ0n) is 32.1. The predicted octanol–water partition coefficient (Wildman–Crippen LogP) is 8.79. The quantitative estimate of drug-likeness (QED) is 0.0618. The van der Waals surface area contributed by atoms with Crippen LogP contribution >= 0.6 is 0 Å². The summed E-state index contributed by atoms with van der Waals surface area (Å²) in [6, 6.07) is 47.5. The molecule has 58 heavy (non-hydrogen) atoms. The Labute approximate surface area is 338 Å². The molecule has 0 aliphatic carbocycles. The van der Waals surface area contributed by atoms with Crippen molar-refractivity contribution in [2.24, 2.45) is 0 Å². The summed E-state index contributed by atoms with van der Waals surface area (Å²) in [5.41, 5.74) is 4.21. The minimum absolute atomic E-state index is 0.135. The molecule has 0 unspecified atom stereocenters. The van der Waals surface area contributed by atoms with Crippen molar-refractivity contribution >= 4 is 17.8 Å². The van der Waals surface area contributed by atoms with Gasteiger partial charge in [-0.05, 0) is 65.8 Å². The number of hydrogen-bond donors (Lipinski definition) is 3. The fourth-order valence-electron chi connectivity index (χ4n) is 6.11. The number of unbranched alkanes of at least 4 members (excludes halogenated alkanes) is 1. The van der Waals surface area contributed by atoms with E-state index in [1.54, 1.807) is 36.4 Å². The van der Waals surface area contributed by atoms with Gasteiger partial charge in [0.2, 0.25) is 0 Å². The van der Waals surface area contributed by atoms with Gasteiger partial charge < -0.3 is 34.7 Å². The second-order valence-corrected chi connectivity index (χ2v) is 13.5. The molecule has 2 amide bonds. The molecule has 0 bridgehead atoms. The van der Waals surface area contributed by atoms with Crippen molar-refractivity contribution in [2.45, 2.75) is 51.7 Å². The maximum absolute atomic E-state index is 13.7. The Bertz CT molecular complexity index is 2220. The first-order valence-corrected chi connectivity index (χ1v) is 19.2. The van der Waals surface area contributed by atoms with Gasteiger partial charge in [-0.3, -0.25) is 9.59 Å². The van der Waals surface area contributed by atoms with E-state index in [1.165, 1.54) is 0 Å². The second-order valence-electron chi connectivity index (χ2n) is 13.5. The van der Waals surface area contributed by atoms with Crippen LogP contribution in [-0.4, -0.2) is 35.5 Å². The van der Waals surface area contributed by atoms with Crippen LogP contribution in [-0.2, 0) is 31.2 Å². The van der Waals surface area contributed by atoms with Crippen LogP contribution in [0.1, 0.15) is 62.2 Å². The van der Waals surface area contributed by atoms with Crippen LogP contribution in [0.5, 0.6) is 23.0 Å². The molecule has 296 valence electrons. The van der Waals surface area contributed by atoms with Gasteiger partial charge in [0.05, 0.1) is 11.1 Å². The number of benzene rings is 6. The fourth-order valence-corrected chi connectivity index (χ4v) is 6.11. The Kier molecular flexibility index (Phi) is 14.9. The van der Waals surface area contributed by atoms with E-state index in [2.05, 4.69) is 10.6 Å². The van der Waals surface area contributed by atoms with E-state index in [9.17, 15) is 19.5 Å². The van der Waals surface area contributed by atoms with E-state index in [0.717, 1.165) is 22.3 Å². The van der Waals surface area contributed by atoms with E-state index >= 15 is 0 Å². The smallest absolute Gasteiger partial charge is 0.326 e. The second kappa shape index (κ2) is 21.3. The molecule has 6 aromatic rings. The molecule has 1 atom stereocenters. The fraction of sp³-hybridized carbons (Fsp3) is 0.188. The lowest BCUT2D eigenvalue weighted by Gasteiger charge is -2.19. The molecule has 0 aliphatic rings. The molecule has 0 heterocycles. The average Bonchev–Trinajstić information content (AvgIpc) is 3.27. The maximum atomic E-state index is 13.7. The van der Waals surface area contributed by atoms with Gasteiger partial charge in [-0.2, -0.15) is 0 Å². The van der Waals surface area contributed by atoms with Crippen LogP contribution in [0.3, 0.4) is 0 Å². The van der Waals surface area contributed by atoms with Crippen LogP contribution in [0, 0.1) is 0 Å². The van der Waals surface area contributed by atoms with Crippen molar-refractivity contribution < 1.29 is 38.4 Å². The maximum Gasteiger partial charge on any atom is 0.326 e. The number of aliphatic carboxylic acids is 1. The number of hydrogen-bond acceptors (Lipinski definition) is 7. The standard InChI is InChI=1S/C48H46N2O8/c51-46(39-25-15-28-42(55-31-35-17-5-1-6-18-35)44(39)57-33-37-21-9-3-10-22-37)49-30-14-13-27-41(48(53)54)50-47(52)40-26-16-29-43(56-32-36-19-7-2-8-20-36)45(40)58-34-38-23-11-4-12-24-38/h1-12,15-26,28-29,41H,13-14,27,30-34H2,(H,49,51)(H,50,52)(H,53,54)/t41-/m1/s1. The van der Waals surface area contributed by atoms with Gasteiger partial charge in [0.1, 0.15) is 32.5 Å². The molecule has 0 aromatic heterocycles. The summed E-state index contributed by atoms with van der Waals surface area (Å²) in [4.78, 5) is 39.6. The number of carbonyl (C=O) groups excluding carboxylic acids is 2. The highest BCUT2D eigenvalue weighted by Gasteiger charge is 2.25. The van der Waals surface area contributed by atoms with Crippen LogP contribution in [0.25, 0.3) is 0 Å². The Morgan fingerprint density at radius 1 is 0.466 bits per heavy atom. The summed E-state index contributed by atoms with van der Waals surface area (Å²) in [6.45, 7) is 1.22. The number of carboxylic acid groups (broad SMARTS) is 1. The number of ether oxygens (including phenoxy) is 4. The monoisotopic (exact) mass is 778 g/mol. The van der Waals surface area contributed by atoms with Crippen molar-refractivity contribution in [1.82, 2.24) is 10.6 Å². The largest absolute Gasteiger partial charge is 0.485 e. The van der Waals surface area contributed by atoms with E-state index in [-0.39, 0.29) is 50.0 Å². The van der Waals surface area contributed by atoms with Crippen LogP contribution < -0.4 is 29.6 Å². The van der Waals surface area contributed by atoms with Gasteiger partial charge in [0, 0.05) is 6.54 Å². The first-order valence-electron chi connectivity index (χ1n) is 19.2. The molecule has 10 nitrogen and oxygen atoms in total. The van der Waals surface area contributed by atoms with Gasteiger partial charge in [-0.15, -0.1) is 0 Å². The van der Waals surface area contributed by atoms with Crippen LogP contribution in [0.15, 0.2) is 158 Å². The van der Waals surface area contributed by atoms with Crippen molar-refractivity contribution in [3.63, 3.8) is 0 Å². The molecule has 0 spiro atoms. The molecule has 0 fully saturated rings. The number of amides is 2. The molecule has 0 radical (unpaired) electrons. The Morgan fingerprint density at radius 2 is 0.862 bits per heavy atom. The van der Waals surface area contributed by atoms with E-state index in [4.69, 9.17) is 18.9 Å². The van der Waals surface area contributed by atoms with Gasteiger partial charge in [0.15, 0.2) is 23.0 Å². The topological polar surface area (TPSA) is 132 Å². The highest BCUT2D eigenvalue weighted by atomic mass is 16.5. The van der Waals surface area contributed by atoms with E-state index in [1.807, 2.05) is 121 Å². The van der Waals surface area contributed by atoms with Crippen molar-refractivity contribution in [3.05, 3.63) is 191 Å². The Balaban J connectivity index is 1.07. The van der Waals surface area contributed by atoms with Gasteiger partial charge in [0.25, 0.3) is 11.8 Å². The van der Waals surface area contributed by atoms with Crippen molar-refractivity contribution in [2.75, 3.05) is 6.54 Å². The molecule has 0 saturated heterocycles. The Morgan fingerprint density at radius 3 is 1.28 bits per heavy atom. The predicted molar refractivity (Wildman–Crippen MR) is 221 cm³/mol. The third-order valence-electron chi connectivity index (χ3n) is 9.18. The summed E-state index contributed by atoms with van der Waals surface area (Å²) >= 11 is 0. The molecule has 6 rings (SSSR count). The summed E-state index contributed by atoms with van der Waals surface area (Å²) in [5.74, 6) is -0.789. The zero-order valence-corrected chi connectivity index (χ0v) is 32.1. The minimum Gasteiger partial charge on any atom is -0.485 e. The van der Waals surface area contributed by atoms with E-state index < -0.39 is 17.9 Å². The summed E-state index contributed by atoms with van der Waals surface area (Å²) in [6.07, 6.45) is 1.01. The summed E-state index contributed by atoms with van der Waals surface area (Å²) < 4.78 is 24.6. The number of rotatable bonds is 21. The van der Waals surface area contributed by atoms with E-state index in [0.29, 0.717) is 42.3 Å². The minimum atomic E-state index is -1.18. The lowest BCUT2D eigenvalue weighted by atomic mass is 10.1. The third kappa shape index (κ3) is 12.0. The molecule has 3 N–H and O–H groups in total. The first-order chi connectivity index (χ1) is 28.4. The molecular formula is C48H46N2O8. The summed E-state index contributed by atoms with van der Waals surface area (Å²) in [7, 11) is 0. The number of carboxylic acids is 1. The molecule has 0 saturated carbocycles. The number of carbonyl (C=O) groups is 3. The highest BCUT2D eigenvalue weighted by molar-refractivity contribution is 6.00. The van der Waals surface area contributed by atoms with Crippen molar-refractivity contribution in [3.8, 4) is 23.0 Å². The van der Waals surface area contributed by atoms with Gasteiger partial charge in [-0.1, -0.05) is 133 Å². The zero-order chi connectivity index (χ0) is 40.4. The Hall–Kier alpha value is -7.07. The highest BCUT2D eigenvalue weighted by Crippen LogP contribution is 2.34. The molecule has 10 heteroatoms. The molecule has 0 aliphatic heterocycles. The SMILES string of the molecule is O=C(NCCCC[C@@H](NC(=O)c1cccc(OCc2ccccc2)c1OCc1ccccc1)C(=O)O)c1cccc(OCc2ccccc2)c1OCc1ccccc1. The molecule has 6 aromatic carbocycles. The van der Waals surface area contributed by atoms with Crippen LogP contribution in [0.2, 0.25) is 0 Å². The number of nitrogens with one attached hydrogen (secondary N) is 2. The summed E-state index contributed by atoms with van der Waals surface area (Å²) in [5, 5.41) is 15.7. The third-order valence-corrected chi connectivity index (χ3v) is 9.18. The van der Waals surface area contributed by atoms with Gasteiger partial charge >= 0.3 is 5.97 Å². The normalized spacial score (nSPS) is 11.2. The lowest BCUT2D eigenvalue weighted by molar-refractivity contribution is -0.139. The lowest BCUT2D eigenvalue weighted by Crippen LogP contribution is -2.41. The first kappa shape index (κ1) is 40.6. The van der Waals surface area contributed by atoms with Gasteiger partial charge in [-0.25, -0.2) is 4.79 Å². The molecular weight excluding hydrogens is 733 g/mol. The van der Waals surface area contributed by atoms with Crippen molar-refractivity contribution in [1.29, 1.82) is 0 Å².